The highest BCUT2D eigenvalue weighted by Crippen LogP contribution is 2.30. The van der Waals surface area contributed by atoms with Gasteiger partial charge in [0.25, 0.3) is 0 Å². The van der Waals surface area contributed by atoms with Gasteiger partial charge in [0.05, 0.1) is 23.1 Å². The van der Waals surface area contributed by atoms with Crippen LogP contribution in [0.5, 0.6) is 0 Å². The van der Waals surface area contributed by atoms with Gasteiger partial charge in [-0.1, -0.05) is 0 Å². The number of pyridine rings is 1. The van der Waals surface area contributed by atoms with Crippen LogP contribution in [0.4, 0.5) is 20.2 Å². The van der Waals surface area contributed by atoms with Crippen LogP contribution in [0.2, 0.25) is 0 Å². The van der Waals surface area contributed by atoms with Crippen LogP contribution in [0.25, 0.3) is 0 Å². The Balaban J connectivity index is 2.55. The van der Waals surface area contributed by atoms with Crippen LogP contribution in [0.3, 0.4) is 0 Å². The summed E-state index contributed by atoms with van der Waals surface area (Å²) in [5.41, 5.74) is 0.287. The maximum atomic E-state index is 13.8. The molecule has 0 radical (unpaired) electrons. The first-order chi connectivity index (χ1) is 9.41. The van der Waals surface area contributed by atoms with E-state index in [2.05, 4.69) is 26.2 Å². The topological polar surface area (TPSA) is 62.2 Å². The molecule has 1 aromatic carbocycles. The molecular formula is C13H9BrF2N2O2. The van der Waals surface area contributed by atoms with E-state index in [1.54, 1.807) is 13.1 Å². The van der Waals surface area contributed by atoms with Crippen molar-refractivity contribution in [3.63, 3.8) is 0 Å². The SMILES string of the molecule is Cc1c(Br)cncc1Nc1c(C(=O)O)ccc(F)c1F. The molecule has 0 spiro atoms. The van der Waals surface area contributed by atoms with Crippen molar-refractivity contribution in [2.24, 2.45) is 0 Å². The molecule has 2 aromatic rings. The van der Waals surface area contributed by atoms with Crippen molar-refractivity contribution >= 4 is 33.3 Å². The van der Waals surface area contributed by atoms with Gasteiger partial charge in [0.2, 0.25) is 0 Å². The van der Waals surface area contributed by atoms with E-state index in [4.69, 9.17) is 5.11 Å². The van der Waals surface area contributed by atoms with E-state index < -0.39 is 23.3 Å². The van der Waals surface area contributed by atoms with Gasteiger partial charge in [0.1, 0.15) is 0 Å². The van der Waals surface area contributed by atoms with Gasteiger partial charge in [-0.3, -0.25) is 4.98 Å². The second-order valence-electron chi connectivity index (χ2n) is 4.01. The van der Waals surface area contributed by atoms with Crippen LogP contribution in [-0.2, 0) is 0 Å². The number of nitrogens with zero attached hydrogens (tertiary/aromatic N) is 1. The number of aromatic nitrogens is 1. The van der Waals surface area contributed by atoms with E-state index in [-0.39, 0.29) is 5.56 Å². The molecule has 2 N–H and O–H groups in total. The third-order valence-corrected chi connectivity index (χ3v) is 3.54. The Labute approximate surface area is 121 Å². The molecule has 1 heterocycles. The fourth-order valence-corrected chi connectivity index (χ4v) is 1.94. The maximum absolute atomic E-state index is 13.8. The second kappa shape index (κ2) is 5.54. The van der Waals surface area contributed by atoms with Crippen LogP contribution >= 0.6 is 15.9 Å². The minimum absolute atomic E-state index is 0.358. The summed E-state index contributed by atoms with van der Waals surface area (Å²) in [5.74, 6) is -3.73. The quantitative estimate of drug-likeness (QED) is 0.888. The predicted molar refractivity (Wildman–Crippen MR) is 73.3 cm³/mol. The van der Waals surface area contributed by atoms with Gasteiger partial charge in [-0.05, 0) is 40.5 Å². The molecule has 104 valence electrons. The van der Waals surface area contributed by atoms with Gasteiger partial charge in [-0.25, -0.2) is 13.6 Å². The lowest BCUT2D eigenvalue weighted by Gasteiger charge is -2.13. The van der Waals surface area contributed by atoms with Crippen molar-refractivity contribution < 1.29 is 18.7 Å². The first-order valence-corrected chi connectivity index (χ1v) is 6.29. The molecule has 0 saturated heterocycles. The lowest BCUT2D eigenvalue weighted by Crippen LogP contribution is -2.07. The molecule has 20 heavy (non-hydrogen) atoms. The molecule has 2 rings (SSSR count). The first-order valence-electron chi connectivity index (χ1n) is 5.50. The largest absolute Gasteiger partial charge is 0.478 e. The molecule has 0 aliphatic heterocycles. The van der Waals surface area contributed by atoms with Crippen LogP contribution < -0.4 is 5.32 Å². The Bertz CT molecular complexity index is 692. The highest BCUT2D eigenvalue weighted by Gasteiger charge is 2.19. The highest BCUT2D eigenvalue weighted by molar-refractivity contribution is 9.10. The minimum atomic E-state index is -1.35. The molecule has 0 aliphatic rings. The summed E-state index contributed by atoms with van der Waals surface area (Å²) < 4.78 is 27.7. The molecule has 4 nitrogen and oxygen atoms in total. The number of rotatable bonds is 3. The molecule has 0 atom stereocenters. The van der Waals surface area contributed by atoms with Crippen LogP contribution in [-0.4, -0.2) is 16.1 Å². The fraction of sp³-hybridized carbons (Fsp3) is 0.0769. The van der Waals surface area contributed by atoms with Crippen molar-refractivity contribution in [1.29, 1.82) is 0 Å². The van der Waals surface area contributed by atoms with E-state index in [9.17, 15) is 13.6 Å². The average Bonchev–Trinajstić information content (AvgIpc) is 2.40. The van der Waals surface area contributed by atoms with E-state index in [0.29, 0.717) is 15.7 Å². The summed E-state index contributed by atoms with van der Waals surface area (Å²) in [4.78, 5) is 15.0. The summed E-state index contributed by atoms with van der Waals surface area (Å²) in [5, 5.41) is 11.6. The number of carboxylic acids is 1. The molecular weight excluding hydrogens is 334 g/mol. The monoisotopic (exact) mass is 342 g/mol. The zero-order valence-corrected chi connectivity index (χ0v) is 11.8. The van der Waals surface area contributed by atoms with E-state index in [1.807, 2.05) is 0 Å². The normalized spacial score (nSPS) is 10.4. The van der Waals surface area contributed by atoms with Crippen molar-refractivity contribution in [2.75, 3.05) is 5.32 Å². The maximum Gasteiger partial charge on any atom is 0.337 e. The highest BCUT2D eigenvalue weighted by atomic mass is 79.9. The zero-order valence-electron chi connectivity index (χ0n) is 10.2. The summed E-state index contributed by atoms with van der Waals surface area (Å²) in [6.45, 7) is 1.73. The predicted octanol–water partition coefficient (Wildman–Crippen LogP) is 3.87. The molecule has 0 amide bonds. The number of hydrogen-bond donors (Lipinski definition) is 2. The summed E-state index contributed by atoms with van der Waals surface area (Å²) in [7, 11) is 0. The van der Waals surface area contributed by atoms with Crippen molar-refractivity contribution in [2.45, 2.75) is 6.92 Å². The smallest absolute Gasteiger partial charge is 0.337 e. The van der Waals surface area contributed by atoms with Gasteiger partial charge < -0.3 is 10.4 Å². The standard InChI is InChI=1S/C13H9BrF2N2O2/c1-6-8(14)4-17-5-10(6)18-12-7(13(19)20)2-3-9(15)11(12)16/h2-5,18H,1H3,(H,19,20). The van der Waals surface area contributed by atoms with Gasteiger partial charge >= 0.3 is 5.97 Å². The Morgan fingerprint density at radius 3 is 2.70 bits per heavy atom. The Morgan fingerprint density at radius 2 is 2.05 bits per heavy atom. The molecule has 0 saturated carbocycles. The molecule has 0 aliphatic carbocycles. The Morgan fingerprint density at radius 1 is 1.35 bits per heavy atom. The lowest BCUT2D eigenvalue weighted by atomic mass is 10.1. The molecule has 0 fully saturated rings. The number of aromatic carboxylic acids is 1. The van der Waals surface area contributed by atoms with E-state index in [0.717, 1.165) is 12.1 Å². The van der Waals surface area contributed by atoms with Gasteiger partial charge in [0.15, 0.2) is 11.6 Å². The molecule has 1 aromatic heterocycles. The number of carbonyl (C=O) groups is 1. The Kier molecular flexibility index (Phi) is 3.99. The van der Waals surface area contributed by atoms with Gasteiger partial charge in [0, 0.05) is 10.7 Å². The van der Waals surface area contributed by atoms with E-state index in [1.165, 1.54) is 6.20 Å². The number of carboxylic acid groups (broad SMARTS) is 1. The summed E-state index contributed by atoms with van der Waals surface area (Å²) >= 11 is 3.25. The van der Waals surface area contributed by atoms with Crippen molar-refractivity contribution in [1.82, 2.24) is 4.98 Å². The number of anilines is 2. The first kappa shape index (κ1) is 14.4. The molecule has 0 bridgehead atoms. The third kappa shape index (κ3) is 2.62. The molecule has 7 heteroatoms. The van der Waals surface area contributed by atoms with Gasteiger partial charge in [-0.15, -0.1) is 0 Å². The van der Waals surface area contributed by atoms with Crippen LogP contribution in [0.15, 0.2) is 29.0 Å². The lowest BCUT2D eigenvalue weighted by molar-refractivity contribution is 0.0697. The zero-order chi connectivity index (χ0) is 14.9. The second-order valence-corrected chi connectivity index (χ2v) is 4.86. The molecule has 0 unspecified atom stereocenters. The van der Waals surface area contributed by atoms with Crippen molar-refractivity contribution in [3.05, 3.63) is 51.8 Å². The minimum Gasteiger partial charge on any atom is -0.478 e. The van der Waals surface area contributed by atoms with E-state index >= 15 is 0 Å². The van der Waals surface area contributed by atoms with Gasteiger partial charge in [-0.2, -0.15) is 0 Å². The average molecular weight is 343 g/mol. The summed E-state index contributed by atoms with van der Waals surface area (Å²) in [6, 6.07) is 1.78. The van der Waals surface area contributed by atoms with Crippen LogP contribution in [0, 0.1) is 18.6 Å². The number of hydrogen-bond acceptors (Lipinski definition) is 3. The van der Waals surface area contributed by atoms with Crippen LogP contribution in [0.1, 0.15) is 15.9 Å². The number of nitrogens with one attached hydrogen (secondary N) is 1. The number of benzene rings is 1. The van der Waals surface area contributed by atoms with Crippen molar-refractivity contribution in [3.8, 4) is 0 Å². The fourth-order valence-electron chi connectivity index (χ4n) is 1.61. The Hall–Kier alpha value is -2.02. The summed E-state index contributed by atoms with van der Waals surface area (Å²) in [6.07, 6.45) is 2.94. The third-order valence-electron chi connectivity index (χ3n) is 2.74. The number of halogens is 3.